The van der Waals surface area contributed by atoms with Crippen molar-refractivity contribution < 1.29 is 4.39 Å². The second-order valence-electron chi connectivity index (χ2n) is 5.10. The number of hydrogen-bond donors (Lipinski definition) is 1. The van der Waals surface area contributed by atoms with Gasteiger partial charge in [0.15, 0.2) is 0 Å². The van der Waals surface area contributed by atoms with Crippen molar-refractivity contribution in [1.29, 1.82) is 0 Å². The van der Waals surface area contributed by atoms with E-state index >= 15 is 0 Å². The Morgan fingerprint density at radius 1 is 1.23 bits per heavy atom. The van der Waals surface area contributed by atoms with Gasteiger partial charge in [-0.05, 0) is 43.9 Å². The van der Waals surface area contributed by atoms with Gasteiger partial charge in [0.05, 0.1) is 0 Å². The van der Waals surface area contributed by atoms with Crippen LogP contribution in [0.2, 0.25) is 0 Å². The molecule has 0 aromatic carbocycles. The highest BCUT2D eigenvalue weighted by Crippen LogP contribution is 2.39. The summed E-state index contributed by atoms with van der Waals surface area (Å²) >= 11 is 0. The zero-order valence-corrected chi connectivity index (χ0v) is 9.02. The molecule has 1 rings (SSSR count). The molecule has 2 N–H and O–H groups in total. The Labute approximate surface area is 80.9 Å². The molecular formula is C11H22FN. The zero-order chi connectivity index (χ0) is 10.1. The summed E-state index contributed by atoms with van der Waals surface area (Å²) in [6.07, 6.45) is 3.26. The van der Waals surface area contributed by atoms with Crippen LogP contribution in [0.5, 0.6) is 0 Å². The molecule has 0 radical (unpaired) electrons. The fourth-order valence-electron chi connectivity index (χ4n) is 2.61. The van der Waals surface area contributed by atoms with Crippen molar-refractivity contribution in [3.63, 3.8) is 0 Å². The number of halogens is 1. The van der Waals surface area contributed by atoms with Crippen molar-refractivity contribution in [2.24, 2.45) is 23.5 Å². The van der Waals surface area contributed by atoms with E-state index in [4.69, 9.17) is 5.73 Å². The topological polar surface area (TPSA) is 26.0 Å². The highest BCUT2D eigenvalue weighted by molar-refractivity contribution is 4.88. The maximum atomic E-state index is 13.9. The first kappa shape index (κ1) is 11.0. The fourth-order valence-corrected chi connectivity index (χ4v) is 2.61. The molecule has 0 saturated heterocycles. The average Bonchev–Trinajstić information content (AvgIpc) is 2.02. The van der Waals surface area contributed by atoms with E-state index < -0.39 is 5.67 Å². The highest BCUT2D eigenvalue weighted by Gasteiger charge is 2.37. The minimum atomic E-state index is -1.15. The van der Waals surface area contributed by atoms with Gasteiger partial charge in [-0.15, -0.1) is 0 Å². The summed E-state index contributed by atoms with van der Waals surface area (Å²) in [7, 11) is 0. The van der Waals surface area contributed by atoms with Crippen LogP contribution in [0, 0.1) is 17.8 Å². The van der Waals surface area contributed by atoms with E-state index in [9.17, 15) is 4.39 Å². The van der Waals surface area contributed by atoms with Crippen LogP contribution < -0.4 is 5.73 Å². The van der Waals surface area contributed by atoms with Crippen LogP contribution in [0.1, 0.15) is 40.0 Å². The summed E-state index contributed by atoms with van der Waals surface area (Å²) in [4.78, 5) is 0. The van der Waals surface area contributed by atoms with Gasteiger partial charge in [0.1, 0.15) is 5.67 Å². The molecule has 0 bridgehead atoms. The van der Waals surface area contributed by atoms with Crippen LogP contribution in [0.15, 0.2) is 0 Å². The third kappa shape index (κ3) is 2.67. The molecule has 0 aromatic heterocycles. The van der Waals surface area contributed by atoms with Gasteiger partial charge in [-0.1, -0.05) is 13.8 Å². The Balaban J connectivity index is 2.59. The third-order valence-corrected chi connectivity index (χ3v) is 3.43. The Bertz CT molecular complexity index is 157. The molecule has 1 saturated carbocycles. The maximum absolute atomic E-state index is 13.9. The second-order valence-corrected chi connectivity index (χ2v) is 5.10. The molecule has 1 aliphatic carbocycles. The Morgan fingerprint density at radius 3 is 2.08 bits per heavy atom. The van der Waals surface area contributed by atoms with Gasteiger partial charge in [-0.3, -0.25) is 0 Å². The van der Waals surface area contributed by atoms with Gasteiger partial charge in [-0.2, -0.15) is 0 Å². The predicted octanol–water partition coefficient (Wildman–Crippen LogP) is 2.75. The lowest BCUT2D eigenvalue weighted by molar-refractivity contribution is 0.0503. The molecule has 78 valence electrons. The lowest BCUT2D eigenvalue weighted by atomic mass is 9.71. The van der Waals surface area contributed by atoms with Crippen LogP contribution in [0.25, 0.3) is 0 Å². The first-order chi connectivity index (χ1) is 5.95. The molecule has 0 aromatic rings. The summed E-state index contributed by atoms with van der Waals surface area (Å²) < 4.78 is 13.9. The van der Waals surface area contributed by atoms with Crippen molar-refractivity contribution in [3.05, 3.63) is 0 Å². The molecule has 3 unspecified atom stereocenters. The molecule has 1 nitrogen and oxygen atoms in total. The standard InChI is InChI=1S/C11H22FN/c1-8-4-9(2)6-10(5-8)11(3,12)7-13/h8-10H,4-7,13H2,1-3H3. The van der Waals surface area contributed by atoms with E-state index in [1.165, 1.54) is 6.42 Å². The molecular weight excluding hydrogens is 165 g/mol. The second kappa shape index (κ2) is 3.95. The molecule has 0 spiro atoms. The van der Waals surface area contributed by atoms with Gasteiger partial charge < -0.3 is 5.73 Å². The largest absolute Gasteiger partial charge is 0.328 e. The van der Waals surface area contributed by atoms with E-state index in [1.807, 2.05) is 0 Å². The Hall–Kier alpha value is -0.110. The van der Waals surface area contributed by atoms with E-state index in [0.29, 0.717) is 11.8 Å². The summed E-state index contributed by atoms with van der Waals surface area (Å²) in [5.74, 6) is 1.50. The fraction of sp³-hybridized carbons (Fsp3) is 1.00. The maximum Gasteiger partial charge on any atom is 0.123 e. The van der Waals surface area contributed by atoms with Crippen LogP contribution in [-0.2, 0) is 0 Å². The summed E-state index contributed by atoms with van der Waals surface area (Å²) in [5.41, 5.74) is 4.30. The van der Waals surface area contributed by atoms with E-state index in [-0.39, 0.29) is 12.5 Å². The number of nitrogens with two attached hydrogens (primary N) is 1. The van der Waals surface area contributed by atoms with E-state index in [2.05, 4.69) is 13.8 Å². The summed E-state index contributed by atoms with van der Waals surface area (Å²) in [6, 6.07) is 0. The van der Waals surface area contributed by atoms with Gasteiger partial charge in [0, 0.05) is 6.54 Å². The molecule has 1 fully saturated rings. The lowest BCUT2D eigenvalue weighted by Gasteiger charge is -2.38. The van der Waals surface area contributed by atoms with Crippen LogP contribution in [-0.4, -0.2) is 12.2 Å². The first-order valence-electron chi connectivity index (χ1n) is 5.34. The van der Waals surface area contributed by atoms with Gasteiger partial charge in [0.2, 0.25) is 0 Å². The molecule has 1 aliphatic rings. The lowest BCUT2D eigenvalue weighted by Crippen LogP contribution is -2.41. The van der Waals surface area contributed by atoms with Crippen molar-refractivity contribution >= 4 is 0 Å². The average molecular weight is 187 g/mol. The van der Waals surface area contributed by atoms with Crippen molar-refractivity contribution in [2.45, 2.75) is 45.7 Å². The van der Waals surface area contributed by atoms with Gasteiger partial charge >= 0.3 is 0 Å². The molecule has 2 heteroatoms. The number of rotatable bonds is 2. The summed E-state index contributed by atoms with van der Waals surface area (Å²) in [5, 5.41) is 0. The Kier molecular flexibility index (Phi) is 3.33. The van der Waals surface area contributed by atoms with E-state index in [0.717, 1.165) is 12.8 Å². The molecule has 13 heavy (non-hydrogen) atoms. The molecule has 0 heterocycles. The number of hydrogen-bond acceptors (Lipinski definition) is 1. The van der Waals surface area contributed by atoms with Crippen LogP contribution in [0.4, 0.5) is 4.39 Å². The molecule has 3 atom stereocenters. The van der Waals surface area contributed by atoms with Gasteiger partial charge in [0.25, 0.3) is 0 Å². The minimum absolute atomic E-state index is 0.164. The quantitative estimate of drug-likeness (QED) is 0.706. The molecule has 0 amide bonds. The normalized spacial score (nSPS) is 39.9. The monoisotopic (exact) mass is 187 g/mol. The first-order valence-corrected chi connectivity index (χ1v) is 5.34. The van der Waals surface area contributed by atoms with Crippen molar-refractivity contribution in [1.82, 2.24) is 0 Å². The SMILES string of the molecule is CC1CC(C)CC(C(C)(F)CN)C1. The zero-order valence-electron chi connectivity index (χ0n) is 9.02. The van der Waals surface area contributed by atoms with Gasteiger partial charge in [-0.25, -0.2) is 4.39 Å². The third-order valence-electron chi connectivity index (χ3n) is 3.43. The van der Waals surface area contributed by atoms with Crippen LogP contribution >= 0.6 is 0 Å². The van der Waals surface area contributed by atoms with Crippen molar-refractivity contribution in [3.8, 4) is 0 Å². The highest BCUT2D eigenvalue weighted by atomic mass is 19.1. The number of alkyl halides is 1. The predicted molar refractivity (Wildman–Crippen MR) is 54.2 cm³/mol. The minimum Gasteiger partial charge on any atom is -0.328 e. The summed E-state index contributed by atoms with van der Waals surface area (Å²) in [6.45, 7) is 6.25. The smallest absolute Gasteiger partial charge is 0.123 e. The van der Waals surface area contributed by atoms with E-state index in [1.54, 1.807) is 6.92 Å². The Morgan fingerprint density at radius 2 is 1.69 bits per heavy atom. The van der Waals surface area contributed by atoms with Crippen LogP contribution in [0.3, 0.4) is 0 Å². The van der Waals surface area contributed by atoms with Crippen molar-refractivity contribution in [2.75, 3.05) is 6.54 Å². The molecule has 0 aliphatic heterocycles.